The van der Waals surface area contributed by atoms with Crippen molar-refractivity contribution in [3.63, 3.8) is 0 Å². The number of hydrogen-bond acceptors (Lipinski definition) is 5. The molecule has 0 saturated carbocycles. The molecule has 0 radical (unpaired) electrons. The lowest BCUT2D eigenvalue weighted by Crippen LogP contribution is -2.30. The van der Waals surface area contributed by atoms with Gasteiger partial charge in [0.1, 0.15) is 5.82 Å². The predicted octanol–water partition coefficient (Wildman–Crippen LogP) is 2.69. The van der Waals surface area contributed by atoms with Crippen LogP contribution in [0.4, 0.5) is 11.8 Å². The largest absolute Gasteiger partial charge is 0.368 e. The Morgan fingerprint density at radius 3 is 2.79 bits per heavy atom. The molecule has 5 heteroatoms. The zero-order valence-corrected chi connectivity index (χ0v) is 14.0. The normalized spacial score (nSPS) is 23.0. The SMILES string of the molecule is Nc1nc(NCC2CCCN2)c2c(n1)C(c1ccccc1)CCC2. The quantitative estimate of drug-likeness (QED) is 0.806. The summed E-state index contributed by atoms with van der Waals surface area (Å²) in [6.45, 7) is 2.02. The van der Waals surface area contributed by atoms with Crippen molar-refractivity contribution in [3.05, 3.63) is 47.2 Å². The summed E-state index contributed by atoms with van der Waals surface area (Å²) in [6, 6.07) is 11.2. The molecule has 1 fully saturated rings. The number of hydrogen-bond donors (Lipinski definition) is 3. The van der Waals surface area contributed by atoms with Gasteiger partial charge < -0.3 is 16.4 Å². The maximum absolute atomic E-state index is 6.03. The Morgan fingerprint density at radius 2 is 2.00 bits per heavy atom. The minimum absolute atomic E-state index is 0.324. The average Bonchev–Trinajstić information content (AvgIpc) is 3.13. The third kappa shape index (κ3) is 3.08. The Hall–Kier alpha value is -2.14. The van der Waals surface area contributed by atoms with E-state index in [1.807, 2.05) is 0 Å². The fourth-order valence-corrected chi connectivity index (χ4v) is 3.98. The monoisotopic (exact) mass is 323 g/mol. The molecule has 2 aliphatic rings. The Kier molecular flexibility index (Phi) is 4.34. The van der Waals surface area contributed by atoms with Crippen LogP contribution < -0.4 is 16.4 Å². The van der Waals surface area contributed by atoms with E-state index in [4.69, 9.17) is 5.73 Å². The van der Waals surface area contributed by atoms with Crippen LogP contribution >= 0.6 is 0 Å². The van der Waals surface area contributed by atoms with Gasteiger partial charge in [-0.3, -0.25) is 0 Å². The number of fused-ring (bicyclic) bond motifs is 1. The Morgan fingerprint density at radius 1 is 1.12 bits per heavy atom. The molecular weight excluding hydrogens is 298 g/mol. The van der Waals surface area contributed by atoms with Gasteiger partial charge in [-0.05, 0) is 44.2 Å². The van der Waals surface area contributed by atoms with E-state index in [9.17, 15) is 0 Å². The van der Waals surface area contributed by atoms with Crippen LogP contribution in [-0.4, -0.2) is 29.1 Å². The van der Waals surface area contributed by atoms with Gasteiger partial charge in [0.15, 0.2) is 0 Å². The van der Waals surface area contributed by atoms with Crippen LogP contribution in [0.25, 0.3) is 0 Å². The molecule has 0 amide bonds. The van der Waals surface area contributed by atoms with Gasteiger partial charge in [0.2, 0.25) is 5.95 Å². The number of nitrogens with one attached hydrogen (secondary N) is 2. The van der Waals surface area contributed by atoms with E-state index in [0.29, 0.717) is 17.9 Å². The van der Waals surface area contributed by atoms with Crippen LogP contribution in [0.2, 0.25) is 0 Å². The first kappa shape index (κ1) is 15.4. The van der Waals surface area contributed by atoms with Gasteiger partial charge in [-0.1, -0.05) is 30.3 Å². The second-order valence-corrected chi connectivity index (χ2v) is 6.82. The summed E-state index contributed by atoms with van der Waals surface area (Å²) < 4.78 is 0. The number of nitrogens with zero attached hydrogens (tertiary/aromatic N) is 2. The van der Waals surface area contributed by atoms with Crippen molar-refractivity contribution in [2.75, 3.05) is 24.1 Å². The summed E-state index contributed by atoms with van der Waals surface area (Å²) in [4.78, 5) is 9.13. The van der Waals surface area contributed by atoms with Gasteiger partial charge in [0, 0.05) is 24.1 Å². The first-order valence-electron chi connectivity index (χ1n) is 9.00. The van der Waals surface area contributed by atoms with Gasteiger partial charge in [-0.15, -0.1) is 0 Å². The highest BCUT2D eigenvalue weighted by atomic mass is 15.1. The summed E-state index contributed by atoms with van der Waals surface area (Å²) in [5, 5.41) is 7.05. The number of rotatable bonds is 4. The van der Waals surface area contributed by atoms with Crippen molar-refractivity contribution in [2.24, 2.45) is 0 Å². The molecule has 2 heterocycles. The fraction of sp³-hybridized carbons (Fsp3) is 0.474. The maximum Gasteiger partial charge on any atom is 0.222 e. The minimum atomic E-state index is 0.324. The summed E-state index contributed by atoms with van der Waals surface area (Å²) >= 11 is 0. The summed E-state index contributed by atoms with van der Waals surface area (Å²) in [6.07, 6.45) is 5.79. The Labute approximate surface area is 143 Å². The molecule has 1 aliphatic carbocycles. The van der Waals surface area contributed by atoms with E-state index in [0.717, 1.165) is 43.9 Å². The maximum atomic E-state index is 6.03. The number of aromatic nitrogens is 2. The van der Waals surface area contributed by atoms with Gasteiger partial charge in [-0.25, -0.2) is 4.98 Å². The molecule has 4 N–H and O–H groups in total. The smallest absolute Gasteiger partial charge is 0.222 e. The first-order valence-corrected chi connectivity index (χ1v) is 9.00. The molecule has 24 heavy (non-hydrogen) atoms. The van der Waals surface area contributed by atoms with Gasteiger partial charge >= 0.3 is 0 Å². The molecule has 1 saturated heterocycles. The molecule has 1 aromatic heterocycles. The molecule has 2 aromatic rings. The summed E-state index contributed by atoms with van der Waals surface area (Å²) in [5.74, 6) is 1.63. The molecule has 0 spiro atoms. The lowest BCUT2D eigenvalue weighted by Gasteiger charge is -2.27. The van der Waals surface area contributed by atoms with Crippen molar-refractivity contribution >= 4 is 11.8 Å². The molecule has 126 valence electrons. The standard InChI is InChI=1S/C19H25N5/c20-19-23-17-15(13-6-2-1-3-7-13)9-4-10-16(17)18(24-19)22-12-14-8-5-11-21-14/h1-3,6-7,14-15,21H,4-5,8-12H2,(H3,20,22,23,24). The van der Waals surface area contributed by atoms with Crippen molar-refractivity contribution in [2.45, 2.75) is 44.1 Å². The van der Waals surface area contributed by atoms with E-state index in [1.54, 1.807) is 0 Å². The molecule has 2 atom stereocenters. The van der Waals surface area contributed by atoms with Crippen LogP contribution in [-0.2, 0) is 6.42 Å². The highest BCUT2D eigenvalue weighted by Crippen LogP contribution is 2.38. The third-order valence-corrected chi connectivity index (χ3v) is 5.19. The molecular formula is C19H25N5. The van der Waals surface area contributed by atoms with Gasteiger partial charge in [0.05, 0.1) is 5.69 Å². The Balaban J connectivity index is 1.63. The topological polar surface area (TPSA) is 75.9 Å². The van der Waals surface area contributed by atoms with Crippen LogP contribution in [0.1, 0.15) is 48.4 Å². The van der Waals surface area contributed by atoms with Crippen LogP contribution in [0.3, 0.4) is 0 Å². The van der Waals surface area contributed by atoms with E-state index < -0.39 is 0 Å². The summed E-state index contributed by atoms with van der Waals surface area (Å²) in [5.41, 5.74) is 9.71. The lowest BCUT2D eigenvalue weighted by atomic mass is 9.82. The predicted molar refractivity (Wildman–Crippen MR) is 97.2 cm³/mol. The molecule has 1 aromatic carbocycles. The van der Waals surface area contributed by atoms with Gasteiger partial charge in [0.25, 0.3) is 0 Å². The van der Waals surface area contributed by atoms with Crippen LogP contribution in [0.15, 0.2) is 30.3 Å². The zero-order chi connectivity index (χ0) is 16.4. The first-order chi connectivity index (χ1) is 11.8. The third-order valence-electron chi connectivity index (χ3n) is 5.19. The second-order valence-electron chi connectivity index (χ2n) is 6.82. The molecule has 5 nitrogen and oxygen atoms in total. The summed E-state index contributed by atoms with van der Waals surface area (Å²) in [7, 11) is 0. The fourth-order valence-electron chi connectivity index (χ4n) is 3.98. The molecule has 1 aliphatic heterocycles. The van der Waals surface area contributed by atoms with Crippen molar-refractivity contribution in [1.29, 1.82) is 0 Å². The highest BCUT2D eigenvalue weighted by molar-refractivity contribution is 5.53. The zero-order valence-electron chi connectivity index (χ0n) is 14.0. The minimum Gasteiger partial charge on any atom is -0.368 e. The van der Waals surface area contributed by atoms with E-state index in [1.165, 1.54) is 24.0 Å². The Bertz CT molecular complexity index is 694. The van der Waals surface area contributed by atoms with E-state index in [-0.39, 0.29) is 0 Å². The second kappa shape index (κ2) is 6.77. The van der Waals surface area contributed by atoms with Crippen molar-refractivity contribution in [1.82, 2.24) is 15.3 Å². The van der Waals surface area contributed by atoms with Crippen LogP contribution in [0.5, 0.6) is 0 Å². The number of nitrogen functional groups attached to an aromatic ring is 1. The van der Waals surface area contributed by atoms with Gasteiger partial charge in [-0.2, -0.15) is 4.98 Å². The molecule has 2 unspecified atom stereocenters. The van der Waals surface area contributed by atoms with Crippen molar-refractivity contribution < 1.29 is 0 Å². The van der Waals surface area contributed by atoms with Crippen molar-refractivity contribution in [3.8, 4) is 0 Å². The average molecular weight is 323 g/mol. The van der Waals surface area contributed by atoms with E-state index in [2.05, 4.69) is 50.9 Å². The molecule has 4 rings (SSSR count). The van der Waals surface area contributed by atoms with Crippen LogP contribution in [0, 0.1) is 0 Å². The number of nitrogens with two attached hydrogens (primary N) is 1. The molecule has 0 bridgehead atoms. The lowest BCUT2D eigenvalue weighted by molar-refractivity contribution is 0.594. The highest BCUT2D eigenvalue weighted by Gasteiger charge is 2.27. The van der Waals surface area contributed by atoms with E-state index >= 15 is 0 Å². The number of anilines is 2. The number of benzene rings is 1.